The average molecular weight is 244 g/mol. The SMILES string of the molecule is Cc1ccc(C(=O)c2ccc(O)cc2O)c(O)c1. The van der Waals surface area contributed by atoms with Gasteiger partial charge in [-0.1, -0.05) is 6.07 Å². The minimum Gasteiger partial charge on any atom is -0.508 e. The van der Waals surface area contributed by atoms with Crippen molar-refractivity contribution in [3.63, 3.8) is 0 Å². The topological polar surface area (TPSA) is 77.8 Å². The summed E-state index contributed by atoms with van der Waals surface area (Å²) in [6, 6.07) is 8.37. The van der Waals surface area contributed by atoms with Gasteiger partial charge in [0, 0.05) is 6.07 Å². The van der Waals surface area contributed by atoms with Gasteiger partial charge in [0.05, 0.1) is 11.1 Å². The Bertz CT molecular complexity index is 564. The number of rotatable bonds is 2. The van der Waals surface area contributed by atoms with Gasteiger partial charge < -0.3 is 15.3 Å². The number of phenols is 3. The average Bonchev–Trinajstić information content (AvgIpc) is 2.28. The number of aryl methyl sites for hydroxylation is 1. The van der Waals surface area contributed by atoms with Gasteiger partial charge in [0.1, 0.15) is 17.2 Å². The highest BCUT2D eigenvalue weighted by Gasteiger charge is 2.17. The summed E-state index contributed by atoms with van der Waals surface area (Å²) in [5, 5.41) is 28.5. The van der Waals surface area contributed by atoms with E-state index in [0.29, 0.717) is 0 Å². The molecule has 4 nitrogen and oxygen atoms in total. The molecular weight excluding hydrogens is 232 g/mol. The lowest BCUT2D eigenvalue weighted by atomic mass is 10.0. The highest BCUT2D eigenvalue weighted by molar-refractivity contribution is 6.12. The van der Waals surface area contributed by atoms with Gasteiger partial charge in [-0.2, -0.15) is 0 Å². The summed E-state index contributed by atoms with van der Waals surface area (Å²) in [4.78, 5) is 12.1. The van der Waals surface area contributed by atoms with Crippen molar-refractivity contribution in [1.29, 1.82) is 0 Å². The zero-order chi connectivity index (χ0) is 13.3. The molecule has 0 spiro atoms. The van der Waals surface area contributed by atoms with Crippen LogP contribution in [0.25, 0.3) is 0 Å². The maximum Gasteiger partial charge on any atom is 0.200 e. The molecule has 0 aliphatic carbocycles. The van der Waals surface area contributed by atoms with E-state index < -0.39 is 5.78 Å². The number of benzene rings is 2. The largest absolute Gasteiger partial charge is 0.508 e. The fraction of sp³-hybridized carbons (Fsp3) is 0.0714. The summed E-state index contributed by atoms with van der Waals surface area (Å²) in [5.74, 6) is -1.07. The molecule has 0 aromatic heterocycles. The van der Waals surface area contributed by atoms with Crippen LogP contribution in [0.3, 0.4) is 0 Å². The van der Waals surface area contributed by atoms with Crippen molar-refractivity contribution in [2.45, 2.75) is 6.92 Å². The maximum absolute atomic E-state index is 12.1. The van der Waals surface area contributed by atoms with Crippen LogP contribution in [0.5, 0.6) is 17.2 Å². The van der Waals surface area contributed by atoms with Crippen molar-refractivity contribution >= 4 is 5.78 Å². The molecule has 0 fully saturated rings. The van der Waals surface area contributed by atoms with Crippen molar-refractivity contribution in [2.75, 3.05) is 0 Å². The van der Waals surface area contributed by atoms with Crippen LogP contribution in [0, 0.1) is 6.92 Å². The van der Waals surface area contributed by atoms with Crippen LogP contribution in [0.2, 0.25) is 0 Å². The van der Waals surface area contributed by atoms with Gasteiger partial charge in [0.2, 0.25) is 0 Å². The molecule has 0 heterocycles. The summed E-state index contributed by atoms with van der Waals surface area (Å²) in [7, 11) is 0. The molecule has 18 heavy (non-hydrogen) atoms. The van der Waals surface area contributed by atoms with Crippen LogP contribution < -0.4 is 0 Å². The number of phenolic OH excluding ortho intramolecular Hbond substituents is 3. The normalized spacial score (nSPS) is 10.3. The van der Waals surface area contributed by atoms with Crippen LogP contribution in [0.4, 0.5) is 0 Å². The summed E-state index contributed by atoms with van der Waals surface area (Å²) < 4.78 is 0. The molecule has 0 atom stereocenters. The van der Waals surface area contributed by atoms with E-state index in [1.807, 2.05) is 0 Å². The molecule has 0 aliphatic heterocycles. The number of hydrogen-bond donors (Lipinski definition) is 3. The number of hydrogen-bond acceptors (Lipinski definition) is 4. The minimum absolute atomic E-state index is 0.0342. The highest BCUT2D eigenvalue weighted by atomic mass is 16.3. The molecule has 92 valence electrons. The Morgan fingerprint density at radius 2 is 1.44 bits per heavy atom. The Morgan fingerprint density at radius 3 is 2.00 bits per heavy atom. The predicted octanol–water partition coefficient (Wildman–Crippen LogP) is 2.34. The smallest absolute Gasteiger partial charge is 0.200 e. The molecule has 0 bridgehead atoms. The van der Waals surface area contributed by atoms with Crippen LogP contribution in [-0.4, -0.2) is 21.1 Å². The van der Waals surface area contributed by atoms with Crippen molar-refractivity contribution in [3.8, 4) is 17.2 Å². The third kappa shape index (κ3) is 2.13. The summed E-state index contributed by atoms with van der Waals surface area (Å²) in [6.07, 6.45) is 0. The molecule has 0 saturated heterocycles. The fourth-order valence-electron chi connectivity index (χ4n) is 1.69. The zero-order valence-corrected chi connectivity index (χ0v) is 9.71. The molecule has 2 aromatic rings. The Labute approximate surface area is 104 Å². The molecular formula is C14H12O4. The van der Waals surface area contributed by atoms with E-state index in [2.05, 4.69) is 0 Å². The molecule has 2 aromatic carbocycles. The van der Waals surface area contributed by atoms with Crippen LogP contribution in [0.15, 0.2) is 36.4 Å². The van der Waals surface area contributed by atoms with Gasteiger partial charge in [-0.05, 0) is 36.8 Å². The second-order valence-electron chi connectivity index (χ2n) is 4.05. The van der Waals surface area contributed by atoms with E-state index >= 15 is 0 Å². The van der Waals surface area contributed by atoms with Crippen LogP contribution in [-0.2, 0) is 0 Å². The fourth-order valence-corrected chi connectivity index (χ4v) is 1.69. The Hall–Kier alpha value is -2.49. The lowest BCUT2D eigenvalue weighted by Crippen LogP contribution is -2.02. The van der Waals surface area contributed by atoms with Crippen molar-refractivity contribution in [2.24, 2.45) is 0 Å². The molecule has 0 amide bonds. The number of aromatic hydroxyl groups is 3. The standard InChI is InChI=1S/C14H12O4/c1-8-2-4-10(12(16)6-8)14(18)11-5-3-9(15)7-13(11)17/h2-7,15-17H,1H3. The van der Waals surface area contributed by atoms with Crippen molar-refractivity contribution in [3.05, 3.63) is 53.1 Å². The van der Waals surface area contributed by atoms with E-state index in [1.54, 1.807) is 13.0 Å². The van der Waals surface area contributed by atoms with Crippen LogP contribution in [0.1, 0.15) is 21.5 Å². The van der Waals surface area contributed by atoms with E-state index in [-0.39, 0.29) is 28.4 Å². The van der Waals surface area contributed by atoms with Gasteiger partial charge in [0.25, 0.3) is 0 Å². The number of carbonyl (C=O) groups excluding carboxylic acids is 1. The molecule has 0 unspecified atom stereocenters. The molecule has 0 radical (unpaired) electrons. The highest BCUT2D eigenvalue weighted by Crippen LogP contribution is 2.28. The summed E-state index contributed by atoms with van der Waals surface area (Å²) >= 11 is 0. The lowest BCUT2D eigenvalue weighted by Gasteiger charge is -2.07. The molecule has 0 aliphatic rings. The van der Waals surface area contributed by atoms with E-state index in [4.69, 9.17) is 5.11 Å². The van der Waals surface area contributed by atoms with Crippen LogP contribution >= 0.6 is 0 Å². The second kappa shape index (κ2) is 4.41. The Kier molecular flexibility index (Phi) is 2.93. The Balaban J connectivity index is 2.48. The number of carbonyl (C=O) groups is 1. The van der Waals surface area contributed by atoms with Crippen molar-refractivity contribution in [1.82, 2.24) is 0 Å². The summed E-state index contributed by atoms with van der Waals surface area (Å²) in [6.45, 7) is 1.80. The minimum atomic E-state index is -0.495. The first-order valence-corrected chi connectivity index (χ1v) is 5.35. The van der Waals surface area contributed by atoms with Gasteiger partial charge in [0.15, 0.2) is 5.78 Å². The third-order valence-electron chi connectivity index (χ3n) is 2.62. The molecule has 2 rings (SSSR count). The maximum atomic E-state index is 12.1. The van der Waals surface area contributed by atoms with E-state index in [0.717, 1.165) is 11.6 Å². The number of ketones is 1. The first-order chi connectivity index (χ1) is 8.49. The van der Waals surface area contributed by atoms with Gasteiger partial charge in [-0.15, -0.1) is 0 Å². The molecule has 0 saturated carbocycles. The lowest BCUT2D eigenvalue weighted by molar-refractivity contribution is 0.103. The van der Waals surface area contributed by atoms with Gasteiger partial charge in [-0.25, -0.2) is 0 Å². The van der Waals surface area contributed by atoms with Gasteiger partial charge >= 0.3 is 0 Å². The molecule has 3 N–H and O–H groups in total. The molecule has 4 heteroatoms. The zero-order valence-electron chi connectivity index (χ0n) is 9.71. The van der Waals surface area contributed by atoms with Crippen molar-refractivity contribution < 1.29 is 20.1 Å². The third-order valence-corrected chi connectivity index (χ3v) is 2.62. The Morgan fingerprint density at radius 1 is 0.889 bits per heavy atom. The first-order valence-electron chi connectivity index (χ1n) is 5.35. The van der Waals surface area contributed by atoms with E-state index in [9.17, 15) is 15.0 Å². The second-order valence-corrected chi connectivity index (χ2v) is 4.05. The van der Waals surface area contributed by atoms with E-state index in [1.165, 1.54) is 24.3 Å². The quantitative estimate of drug-likeness (QED) is 0.708. The van der Waals surface area contributed by atoms with Gasteiger partial charge in [-0.3, -0.25) is 4.79 Å². The monoisotopic (exact) mass is 244 g/mol. The first kappa shape index (κ1) is 12.0. The summed E-state index contributed by atoms with van der Waals surface area (Å²) in [5.41, 5.74) is 0.979. The predicted molar refractivity (Wildman–Crippen MR) is 66.0 cm³/mol.